The number of thioether (sulfide) groups is 1. The van der Waals surface area contributed by atoms with Gasteiger partial charge in [-0.15, -0.1) is 0 Å². The number of hydrogen-bond acceptors (Lipinski definition) is 3. The second kappa shape index (κ2) is 6.30. The van der Waals surface area contributed by atoms with E-state index in [0.29, 0.717) is 18.2 Å². The summed E-state index contributed by atoms with van der Waals surface area (Å²) in [6.45, 7) is 8.61. The monoisotopic (exact) mass is 219 g/mol. The Hall–Kier alpha value is -0.220. The Morgan fingerprint density at radius 2 is 2.14 bits per heavy atom. The molecule has 0 aliphatic carbocycles. The zero-order chi connectivity index (χ0) is 11.2. The summed E-state index contributed by atoms with van der Waals surface area (Å²) in [5, 5.41) is 12.6. The maximum Gasteiger partial charge on any atom is 0.323 e. The molecular weight excluding hydrogens is 198 g/mol. The fourth-order valence-electron chi connectivity index (χ4n) is 1.16. The van der Waals surface area contributed by atoms with Crippen molar-refractivity contribution in [1.29, 1.82) is 0 Å². The molecule has 0 aromatic carbocycles. The summed E-state index contributed by atoms with van der Waals surface area (Å²) in [5.41, 5.74) is -0.767. The highest BCUT2D eigenvalue weighted by molar-refractivity contribution is 7.99. The molecule has 1 atom stereocenters. The van der Waals surface area contributed by atoms with Gasteiger partial charge in [0.1, 0.15) is 5.54 Å². The van der Waals surface area contributed by atoms with Gasteiger partial charge in [-0.1, -0.05) is 20.8 Å². The fraction of sp³-hybridized carbons (Fsp3) is 0.900. The molecule has 0 amide bonds. The number of carboxylic acid groups (broad SMARTS) is 1. The van der Waals surface area contributed by atoms with Crippen molar-refractivity contribution in [1.82, 2.24) is 5.32 Å². The van der Waals surface area contributed by atoms with E-state index in [1.165, 1.54) is 0 Å². The highest BCUT2D eigenvalue weighted by Gasteiger charge is 2.31. The van der Waals surface area contributed by atoms with Crippen LogP contribution in [0.4, 0.5) is 0 Å². The van der Waals surface area contributed by atoms with Crippen LogP contribution in [0.2, 0.25) is 0 Å². The van der Waals surface area contributed by atoms with Crippen LogP contribution < -0.4 is 5.32 Å². The second-order valence-corrected chi connectivity index (χ2v) is 5.52. The predicted molar refractivity (Wildman–Crippen MR) is 61.9 cm³/mol. The molecule has 0 aromatic rings. The van der Waals surface area contributed by atoms with E-state index in [9.17, 15) is 4.79 Å². The third kappa shape index (κ3) is 4.86. The van der Waals surface area contributed by atoms with E-state index in [-0.39, 0.29) is 0 Å². The average molecular weight is 219 g/mol. The summed E-state index contributed by atoms with van der Waals surface area (Å²) in [4.78, 5) is 11.0. The molecule has 0 rings (SSSR count). The zero-order valence-corrected chi connectivity index (χ0v) is 10.3. The van der Waals surface area contributed by atoms with Crippen LogP contribution in [-0.4, -0.2) is 34.2 Å². The van der Waals surface area contributed by atoms with Crippen LogP contribution in [0.15, 0.2) is 0 Å². The Morgan fingerprint density at radius 1 is 1.57 bits per heavy atom. The van der Waals surface area contributed by atoms with Gasteiger partial charge in [-0.05, 0) is 30.9 Å². The van der Waals surface area contributed by atoms with Gasteiger partial charge >= 0.3 is 5.97 Å². The molecule has 0 radical (unpaired) electrons. The van der Waals surface area contributed by atoms with Crippen molar-refractivity contribution in [2.45, 2.75) is 44.9 Å². The quantitative estimate of drug-likeness (QED) is 0.687. The first-order valence-electron chi connectivity index (χ1n) is 5.02. The van der Waals surface area contributed by atoms with Gasteiger partial charge in [0, 0.05) is 0 Å². The van der Waals surface area contributed by atoms with Gasteiger partial charge in [-0.3, -0.25) is 4.79 Å². The summed E-state index contributed by atoms with van der Waals surface area (Å²) >= 11 is 1.80. The normalized spacial score (nSPS) is 15.5. The molecule has 0 heterocycles. The highest BCUT2D eigenvalue weighted by Crippen LogP contribution is 2.17. The maximum absolute atomic E-state index is 11.0. The molecule has 0 aromatic heterocycles. The molecule has 14 heavy (non-hydrogen) atoms. The number of carbonyl (C=O) groups is 1. The van der Waals surface area contributed by atoms with Crippen molar-refractivity contribution in [3.8, 4) is 0 Å². The van der Waals surface area contributed by atoms with Crippen LogP contribution in [0.5, 0.6) is 0 Å². The lowest BCUT2D eigenvalue weighted by Gasteiger charge is -2.25. The van der Waals surface area contributed by atoms with Gasteiger partial charge in [0.2, 0.25) is 0 Å². The van der Waals surface area contributed by atoms with Crippen LogP contribution >= 0.6 is 11.8 Å². The number of aliphatic carboxylic acids is 1. The summed E-state index contributed by atoms with van der Waals surface area (Å²) < 4.78 is 0. The van der Waals surface area contributed by atoms with E-state index in [2.05, 4.69) is 19.2 Å². The van der Waals surface area contributed by atoms with Crippen LogP contribution in [0.1, 0.15) is 34.1 Å². The first kappa shape index (κ1) is 13.8. The topological polar surface area (TPSA) is 49.3 Å². The SMILES string of the molecule is CCNC(C)(CCSC(C)C)C(=O)O. The molecule has 0 fully saturated rings. The Bertz CT molecular complexity index is 185. The molecule has 0 aliphatic heterocycles. The van der Waals surface area contributed by atoms with E-state index in [1.807, 2.05) is 6.92 Å². The number of carboxylic acids is 1. The van der Waals surface area contributed by atoms with Crippen LogP contribution in [0, 0.1) is 0 Å². The van der Waals surface area contributed by atoms with Gasteiger partial charge < -0.3 is 10.4 Å². The van der Waals surface area contributed by atoms with E-state index >= 15 is 0 Å². The lowest BCUT2D eigenvalue weighted by molar-refractivity contribution is -0.144. The minimum Gasteiger partial charge on any atom is -0.480 e. The molecule has 84 valence electrons. The fourth-order valence-corrected chi connectivity index (χ4v) is 2.16. The van der Waals surface area contributed by atoms with Crippen molar-refractivity contribution >= 4 is 17.7 Å². The van der Waals surface area contributed by atoms with Gasteiger partial charge in [0.25, 0.3) is 0 Å². The highest BCUT2D eigenvalue weighted by atomic mass is 32.2. The Kier molecular flexibility index (Phi) is 6.20. The number of nitrogens with one attached hydrogen (secondary N) is 1. The number of rotatable bonds is 7. The minimum atomic E-state index is -0.767. The van der Waals surface area contributed by atoms with Crippen molar-refractivity contribution in [3.05, 3.63) is 0 Å². The first-order valence-corrected chi connectivity index (χ1v) is 6.07. The van der Waals surface area contributed by atoms with Crippen molar-refractivity contribution in [2.24, 2.45) is 0 Å². The van der Waals surface area contributed by atoms with Gasteiger partial charge in [0.15, 0.2) is 0 Å². The third-order valence-corrected chi connectivity index (χ3v) is 3.20. The third-order valence-electron chi connectivity index (χ3n) is 2.09. The van der Waals surface area contributed by atoms with E-state index in [1.54, 1.807) is 18.7 Å². The number of likely N-dealkylation sites (N-methyl/N-ethyl adjacent to an activating group) is 1. The molecule has 2 N–H and O–H groups in total. The van der Waals surface area contributed by atoms with E-state index in [4.69, 9.17) is 5.11 Å². The zero-order valence-electron chi connectivity index (χ0n) is 9.46. The Morgan fingerprint density at radius 3 is 2.50 bits per heavy atom. The molecule has 4 heteroatoms. The second-order valence-electron chi connectivity index (χ2n) is 3.84. The largest absolute Gasteiger partial charge is 0.480 e. The average Bonchev–Trinajstić information content (AvgIpc) is 2.03. The summed E-state index contributed by atoms with van der Waals surface area (Å²) in [7, 11) is 0. The van der Waals surface area contributed by atoms with Crippen molar-refractivity contribution < 1.29 is 9.90 Å². The van der Waals surface area contributed by atoms with Crippen molar-refractivity contribution in [2.75, 3.05) is 12.3 Å². The molecule has 0 spiro atoms. The van der Waals surface area contributed by atoms with Crippen LogP contribution in [0.25, 0.3) is 0 Å². The molecular formula is C10H21NO2S. The molecule has 0 saturated heterocycles. The standard InChI is InChI=1S/C10H21NO2S/c1-5-11-10(4,9(12)13)6-7-14-8(2)3/h8,11H,5-7H2,1-4H3,(H,12,13). The maximum atomic E-state index is 11.0. The predicted octanol–water partition coefficient (Wildman–Crippen LogP) is 1.97. The molecule has 3 nitrogen and oxygen atoms in total. The van der Waals surface area contributed by atoms with Crippen molar-refractivity contribution in [3.63, 3.8) is 0 Å². The van der Waals surface area contributed by atoms with Crippen LogP contribution in [-0.2, 0) is 4.79 Å². The summed E-state index contributed by atoms with van der Waals surface area (Å²) in [6.07, 6.45) is 0.666. The first-order chi connectivity index (χ1) is 6.42. The van der Waals surface area contributed by atoms with E-state index < -0.39 is 11.5 Å². The Balaban J connectivity index is 4.03. The molecule has 1 unspecified atom stereocenters. The van der Waals surface area contributed by atoms with E-state index in [0.717, 1.165) is 5.75 Å². The lowest BCUT2D eigenvalue weighted by atomic mass is 9.99. The van der Waals surface area contributed by atoms with Gasteiger partial charge in [0.05, 0.1) is 0 Å². The smallest absolute Gasteiger partial charge is 0.323 e. The van der Waals surface area contributed by atoms with Gasteiger partial charge in [-0.2, -0.15) is 11.8 Å². The van der Waals surface area contributed by atoms with Gasteiger partial charge in [-0.25, -0.2) is 0 Å². The minimum absolute atomic E-state index is 0.565. The summed E-state index contributed by atoms with van der Waals surface area (Å²) in [6, 6.07) is 0. The molecule has 0 saturated carbocycles. The lowest BCUT2D eigenvalue weighted by Crippen LogP contribution is -2.49. The van der Waals surface area contributed by atoms with Crippen LogP contribution in [0.3, 0.4) is 0 Å². The summed E-state index contributed by atoms with van der Waals surface area (Å²) in [5.74, 6) is 0.122. The molecule has 0 bridgehead atoms. The Labute approximate surface area is 90.7 Å². The number of hydrogen-bond donors (Lipinski definition) is 2. The molecule has 0 aliphatic rings.